The van der Waals surface area contributed by atoms with Gasteiger partial charge in [0.1, 0.15) is 11.9 Å². The molecule has 0 fully saturated rings. The van der Waals surface area contributed by atoms with E-state index in [1.807, 2.05) is 36.5 Å². The van der Waals surface area contributed by atoms with E-state index in [0.29, 0.717) is 11.1 Å². The van der Waals surface area contributed by atoms with E-state index in [1.165, 1.54) is 18.2 Å². The second kappa shape index (κ2) is 4.91. The van der Waals surface area contributed by atoms with Crippen molar-refractivity contribution >= 4 is 10.9 Å². The molecular weight excluding hydrogens is 251 g/mol. The number of benzene rings is 2. The van der Waals surface area contributed by atoms with Gasteiger partial charge in [-0.25, -0.2) is 4.39 Å². The summed E-state index contributed by atoms with van der Waals surface area (Å²) in [7, 11) is 0. The Hall–Kier alpha value is -3.04. The van der Waals surface area contributed by atoms with Gasteiger partial charge in [0.2, 0.25) is 0 Å². The fraction of sp³-hybridized carbons (Fsp3) is 0. The lowest BCUT2D eigenvalue weighted by molar-refractivity contribution is 0.627. The Bertz CT molecular complexity index is 888. The number of H-pyrrole nitrogens is 1. The maximum absolute atomic E-state index is 13.2. The van der Waals surface area contributed by atoms with E-state index in [9.17, 15) is 4.39 Å². The Kier molecular flexibility index (Phi) is 2.95. The lowest BCUT2D eigenvalue weighted by Gasteiger charge is -1.96. The van der Waals surface area contributed by atoms with E-state index < -0.39 is 5.82 Å². The van der Waals surface area contributed by atoms with Crippen LogP contribution in [0.2, 0.25) is 0 Å². The van der Waals surface area contributed by atoms with E-state index in [0.717, 1.165) is 16.5 Å². The van der Waals surface area contributed by atoms with Crippen LogP contribution in [-0.4, -0.2) is 4.98 Å². The summed E-state index contributed by atoms with van der Waals surface area (Å²) in [5.41, 5.74) is 2.62. The number of aromatic amines is 1. The van der Waals surface area contributed by atoms with Crippen molar-refractivity contribution in [2.75, 3.05) is 0 Å². The molecule has 3 heteroatoms. The molecule has 0 saturated heterocycles. The molecule has 0 atom stereocenters. The van der Waals surface area contributed by atoms with Gasteiger partial charge in [-0.2, -0.15) is 5.26 Å². The molecule has 94 valence electrons. The summed E-state index contributed by atoms with van der Waals surface area (Å²) in [5, 5.41) is 10.0. The van der Waals surface area contributed by atoms with E-state index in [-0.39, 0.29) is 0 Å². The summed E-state index contributed by atoms with van der Waals surface area (Å²) < 4.78 is 13.2. The van der Waals surface area contributed by atoms with E-state index in [1.54, 1.807) is 0 Å². The van der Waals surface area contributed by atoms with Crippen molar-refractivity contribution in [1.29, 1.82) is 5.26 Å². The van der Waals surface area contributed by atoms with Crippen molar-refractivity contribution in [3.8, 4) is 17.9 Å². The van der Waals surface area contributed by atoms with Crippen LogP contribution < -0.4 is 0 Å². The van der Waals surface area contributed by atoms with Gasteiger partial charge >= 0.3 is 0 Å². The molecule has 2 aromatic carbocycles. The van der Waals surface area contributed by atoms with Crippen LogP contribution >= 0.6 is 0 Å². The Morgan fingerprint density at radius 2 is 1.80 bits per heavy atom. The van der Waals surface area contributed by atoms with Crippen LogP contribution in [0.3, 0.4) is 0 Å². The molecule has 20 heavy (non-hydrogen) atoms. The highest BCUT2D eigenvalue weighted by Crippen LogP contribution is 2.16. The van der Waals surface area contributed by atoms with Crippen LogP contribution in [0.1, 0.15) is 16.7 Å². The zero-order valence-electron chi connectivity index (χ0n) is 10.4. The van der Waals surface area contributed by atoms with Gasteiger partial charge in [0, 0.05) is 28.2 Å². The molecular formula is C17H9FN2. The molecule has 0 bridgehead atoms. The molecule has 0 aliphatic heterocycles. The van der Waals surface area contributed by atoms with E-state index in [2.05, 4.69) is 16.8 Å². The number of rotatable bonds is 0. The third-order valence-electron chi connectivity index (χ3n) is 3.03. The molecule has 0 radical (unpaired) electrons. The summed E-state index contributed by atoms with van der Waals surface area (Å²) in [4.78, 5) is 3.11. The van der Waals surface area contributed by atoms with Crippen LogP contribution in [0.4, 0.5) is 4.39 Å². The number of aromatic nitrogens is 1. The first-order chi connectivity index (χ1) is 9.78. The molecule has 0 aliphatic rings. The summed E-state index contributed by atoms with van der Waals surface area (Å²) in [6.45, 7) is 0. The second-order valence-electron chi connectivity index (χ2n) is 4.30. The smallest absolute Gasteiger partial charge is 0.124 e. The van der Waals surface area contributed by atoms with Gasteiger partial charge in [0.15, 0.2) is 0 Å². The highest BCUT2D eigenvalue weighted by atomic mass is 19.1. The predicted molar refractivity (Wildman–Crippen MR) is 75.4 cm³/mol. The molecule has 3 rings (SSSR count). The molecule has 0 unspecified atom stereocenters. The van der Waals surface area contributed by atoms with Gasteiger partial charge in [-0.05, 0) is 36.4 Å². The maximum atomic E-state index is 13.2. The van der Waals surface area contributed by atoms with Crippen LogP contribution in [0.15, 0.2) is 48.7 Å². The molecule has 0 saturated carbocycles. The number of halogens is 1. The topological polar surface area (TPSA) is 39.6 Å². The summed E-state index contributed by atoms with van der Waals surface area (Å²) in [6.07, 6.45) is 1.85. The van der Waals surface area contributed by atoms with Crippen LogP contribution in [0, 0.1) is 29.0 Å². The number of nitriles is 1. The first kappa shape index (κ1) is 12.0. The zero-order valence-corrected chi connectivity index (χ0v) is 10.4. The fourth-order valence-electron chi connectivity index (χ4n) is 2.05. The molecule has 2 nitrogen and oxygen atoms in total. The highest BCUT2D eigenvalue weighted by Gasteiger charge is 2.02. The quantitative estimate of drug-likeness (QED) is 0.616. The second-order valence-corrected chi connectivity index (χ2v) is 4.30. The van der Waals surface area contributed by atoms with Crippen molar-refractivity contribution in [2.24, 2.45) is 0 Å². The lowest BCUT2D eigenvalue weighted by atomic mass is 10.1. The Labute approximate surface area is 115 Å². The molecule has 1 heterocycles. The minimum Gasteiger partial charge on any atom is -0.361 e. The summed E-state index contributed by atoms with van der Waals surface area (Å²) >= 11 is 0. The third kappa shape index (κ3) is 2.13. The van der Waals surface area contributed by atoms with Gasteiger partial charge in [0.25, 0.3) is 0 Å². The van der Waals surface area contributed by atoms with Crippen molar-refractivity contribution < 1.29 is 4.39 Å². The molecule has 3 aromatic rings. The molecule has 0 aliphatic carbocycles. The minimum atomic E-state index is -0.395. The van der Waals surface area contributed by atoms with Crippen LogP contribution in [-0.2, 0) is 0 Å². The first-order valence-electron chi connectivity index (χ1n) is 6.06. The normalized spacial score (nSPS) is 9.80. The predicted octanol–water partition coefficient (Wildman–Crippen LogP) is 3.58. The van der Waals surface area contributed by atoms with E-state index >= 15 is 0 Å². The Balaban J connectivity index is 2.11. The van der Waals surface area contributed by atoms with Gasteiger partial charge in [-0.15, -0.1) is 0 Å². The van der Waals surface area contributed by atoms with Gasteiger partial charge in [0.05, 0.1) is 5.56 Å². The summed E-state index contributed by atoms with van der Waals surface area (Å²) in [6, 6.07) is 13.7. The molecule has 1 aromatic heterocycles. The van der Waals surface area contributed by atoms with Gasteiger partial charge < -0.3 is 4.98 Å². The Morgan fingerprint density at radius 1 is 0.950 bits per heavy atom. The standard InChI is InChI=1S/C17H9FN2/c18-15-7-6-14(11-19)13(10-15)5-4-12-2-1-3-17-16(12)8-9-20-17/h1-3,6-10,20H. The SMILES string of the molecule is N#Cc1ccc(F)cc1C#Cc1cccc2[nH]ccc12. The molecule has 0 spiro atoms. The highest BCUT2D eigenvalue weighted by molar-refractivity contribution is 5.85. The monoisotopic (exact) mass is 260 g/mol. The largest absolute Gasteiger partial charge is 0.361 e. The zero-order chi connectivity index (χ0) is 13.9. The number of hydrogen-bond acceptors (Lipinski definition) is 1. The summed E-state index contributed by atoms with van der Waals surface area (Å²) in [5.74, 6) is 5.49. The number of nitrogens with zero attached hydrogens (tertiary/aromatic N) is 1. The number of nitrogens with one attached hydrogen (secondary N) is 1. The fourth-order valence-corrected chi connectivity index (χ4v) is 2.05. The molecule has 1 N–H and O–H groups in total. The number of hydrogen-bond donors (Lipinski definition) is 1. The average Bonchev–Trinajstić information content (AvgIpc) is 2.94. The van der Waals surface area contributed by atoms with Crippen LogP contribution in [0.25, 0.3) is 10.9 Å². The van der Waals surface area contributed by atoms with Gasteiger partial charge in [-0.1, -0.05) is 17.9 Å². The van der Waals surface area contributed by atoms with Crippen molar-refractivity contribution in [1.82, 2.24) is 4.98 Å². The lowest BCUT2D eigenvalue weighted by Crippen LogP contribution is -1.86. The van der Waals surface area contributed by atoms with Crippen LogP contribution in [0.5, 0.6) is 0 Å². The van der Waals surface area contributed by atoms with Crippen molar-refractivity contribution in [3.63, 3.8) is 0 Å². The Morgan fingerprint density at radius 3 is 2.65 bits per heavy atom. The maximum Gasteiger partial charge on any atom is 0.124 e. The third-order valence-corrected chi connectivity index (χ3v) is 3.03. The van der Waals surface area contributed by atoms with Crippen molar-refractivity contribution in [2.45, 2.75) is 0 Å². The van der Waals surface area contributed by atoms with Gasteiger partial charge in [-0.3, -0.25) is 0 Å². The molecule has 0 amide bonds. The van der Waals surface area contributed by atoms with E-state index in [4.69, 9.17) is 5.26 Å². The first-order valence-corrected chi connectivity index (χ1v) is 6.06. The average molecular weight is 260 g/mol. The van der Waals surface area contributed by atoms with Crippen molar-refractivity contribution in [3.05, 3.63) is 71.2 Å². The number of fused-ring (bicyclic) bond motifs is 1. The minimum absolute atomic E-state index is 0.375.